The number of para-hydroxylation sites is 1. The Kier molecular flexibility index (Phi) is 10.2. The zero-order valence-electron chi connectivity index (χ0n) is 26.4. The third-order valence-corrected chi connectivity index (χ3v) is 10.0. The minimum atomic E-state index is -0.115. The molecule has 0 unspecified atom stereocenters. The summed E-state index contributed by atoms with van der Waals surface area (Å²) in [5.41, 5.74) is 13.6. The van der Waals surface area contributed by atoms with Gasteiger partial charge in [0.25, 0.3) is 0 Å². The second-order valence-electron chi connectivity index (χ2n) is 13.1. The van der Waals surface area contributed by atoms with Crippen molar-refractivity contribution in [1.82, 2.24) is 19.6 Å². The van der Waals surface area contributed by atoms with E-state index in [0.717, 1.165) is 46.2 Å². The predicted octanol–water partition coefficient (Wildman–Crippen LogP) is 10.5. The summed E-state index contributed by atoms with van der Waals surface area (Å²) in [6.07, 6.45) is 30.7. The van der Waals surface area contributed by atoms with Crippen LogP contribution in [0.1, 0.15) is 120 Å². The van der Waals surface area contributed by atoms with Gasteiger partial charge in [-0.2, -0.15) is 5.10 Å². The number of pyridine rings is 1. The molecule has 1 saturated carbocycles. The summed E-state index contributed by atoms with van der Waals surface area (Å²) in [4.78, 5) is 9.71. The molecule has 0 radical (unpaired) electrons. The lowest BCUT2D eigenvalue weighted by Crippen LogP contribution is -2.29. The fourth-order valence-corrected chi connectivity index (χ4v) is 7.47. The maximum atomic E-state index is 6.20. The van der Waals surface area contributed by atoms with Crippen molar-refractivity contribution in [2.24, 2.45) is 0 Å². The monoisotopic (exact) mass is 587 g/mol. The SMILES string of the molecule is Nc1ccc(C2(c3cnc4c(-c5ccnc6ccccc56)cnn4c3)CCCCCCCCCCCCCCCCC2)cc1. The number of fused-ring (bicyclic) bond motifs is 2. The fourth-order valence-electron chi connectivity index (χ4n) is 7.47. The van der Waals surface area contributed by atoms with Crippen molar-refractivity contribution < 1.29 is 0 Å². The summed E-state index contributed by atoms with van der Waals surface area (Å²) in [7, 11) is 0. The van der Waals surface area contributed by atoms with E-state index in [4.69, 9.17) is 15.8 Å². The minimum Gasteiger partial charge on any atom is -0.399 e. The molecule has 0 amide bonds. The number of nitrogen functional groups attached to an aromatic ring is 1. The third-order valence-electron chi connectivity index (χ3n) is 10.0. The standard InChI is InChI=1S/C39H49N5/c40-33-22-20-31(21-23-33)39(25-16-12-10-8-6-4-2-1-3-5-7-9-11-13-17-26-39)32-28-42-38-36(29-43-44(38)30-32)34-24-27-41-37-19-15-14-18-35(34)37/h14-15,18-24,27-30H,1-13,16-17,25-26,40H2. The average molecular weight is 588 g/mol. The molecule has 230 valence electrons. The van der Waals surface area contributed by atoms with Crippen molar-refractivity contribution >= 4 is 22.2 Å². The van der Waals surface area contributed by atoms with E-state index in [-0.39, 0.29) is 5.41 Å². The van der Waals surface area contributed by atoms with Crippen molar-refractivity contribution in [3.63, 3.8) is 0 Å². The Morgan fingerprint density at radius 3 is 1.80 bits per heavy atom. The Hall–Kier alpha value is -3.73. The van der Waals surface area contributed by atoms with Crippen molar-refractivity contribution in [2.75, 3.05) is 5.73 Å². The molecule has 3 aromatic heterocycles. The quantitative estimate of drug-likeness (QED) is 0.213. The minimum absolute atomic E-state index is 0.115. The molecule has 1 fully saturated rings. The summed E-state index contributed by atoms with van der Waals surface area (Å²) in [5, 5.41) is 5.99. The topological polar surface area (TPSA) is 69.1 Å². The molecule has 3 heterocycles. The van der Waals surface area contributed by atoms with Crippen LogP contribution in [0.25, 0.3) is 27.7 Å². The zero-order chi connectivity index (χ0) is 30.0. The molecule has 5 nitrogen and oxygen atoms in total. The Bertz CT molecular complexity index is 1600. The molecule has 1 aliphatic carbocycles. The van der Waals surface area contributed by atoms with Gasteiger partial charge in [0, 0.05) is 40.6 Å². The lowest BCUT2D eigenvalue weighted by Gasteiger charge is -2.35. The molecule has 0 aliphatic heterocycles. The molecule has 2 N–H and O–H groups in total. The van der Waals surface area contributed by atoms with Crippen LogP contribution in [0.5, 0.6) is 0 Å². The molecule has 5 heteroatoms. The summed E-state index contributed by atoms with van der Waals surface area (Å²) < 4.78 is 2.00. The van der Waals surface area contributed by atoms with E-state index in [0.29, 0.717) is 0 Å². The van der Waals surface area contributed by atoms with Crippen LogP contribution < -0.4 is 5.73 Å². The van der Waals surface area contributed by atoms with Gasteiger partial charge in [-0.05, 0) is 53.8 Å². The van der Waals surface area contributed by atoms with E-state index < -0.39 is 0 Å². The molecule has 0 spiro atoms. The van der Waals surface area contributed by atoms with E-state index >= 15 is 0 Å². The van der Waals surface area contributed by atoms with Gasteiger partial charge in [0.05, 0.1) is 11.7 Å². The van der Waals surface area contributed by atoms with Crippen LogP contribution in [0, 0.1) is 0 Å². The number of benzene rings is 2. The Balaban J connectivity index is 1.35. The molecule has 1 aliphatic rings. The third kappa shape index (κ3) is 6.98. The first-order chi connectivity index (χ1) is 21.7. The molecule has 0 saturated heterocycles. The summed E-state index contributed by atoms with van der Waals surface area (Å²) >= 11 is 0. The summed E-state index contributed by atoms with van der Waals surface area (Å²) in [6, 6.07) is 19.1. The zero-order valence-corrected chi connectivity index (χ0v) is 26.4. The van der Waals surface area contributed by atoms with Crippen LogP contribution in [0.15, 0.2) is 79.4 Å². The van der Waals surface area contributed by atoms with Crippen LogP contribution in [-0.4, -0.2) is 19.6 Å². The van der Waals surface area contributed by atoms with Gasteiger partial charge in [-0.1, -0.05) is 127 Å². The van der Waals surface area contributed by atoms with Crippen LogP contribution in [-0.2, 0) is 5.41 Å². The lowest BCUT2D eigenvalue weighted by atomic mass is 9.68. The van der Waals surface area contributed by atoms with Crippen LogP contribution in [0.2, 0.25) is 0 Å². The Morgan fingerprint density at radius 1 is 0.568 bits per heavy atom. The molecule has 2 aromatic carbocycles. The highest BCUT2D eigenvalue weighted by Gasteiger charge is 2.34. The van der Waals surface area contributed by atoms with Gasteiger partial charge in [-0.15, -0.1) is 0 Å². The van der Waals surface area contributed by atoms with Crippen molar-refractivity contribution in [3.8, 4) is 11.1 Å². The second kappa shape index (κ2) is 14.8. The van der Waals surface area contributed by atoms with Gasteiger partial charge in [0.15, 0.2) is 5.65 Å². The highest BCUT2D eigenvalue weighted by molar-refractivity contribution is 5.97. The maximum absolute atomic E-state index is 6.20. The van der Waals surface area contributed by atoms with Gasteiger partial charge < -0.3 is 5.73 Å². The summed E-state index contributed by atoms with van der Waals surface area (Å²) in [6.45, 7) is 0. The van der Waals surface area contributed by atoms with Gasteiger partial charge >= 0.3 is 0 Å². The average Bonchev–Trinajstić information content (AvgIpc) is 3.48. The number of hydrogen-bond acceptors (Lipinski definition) is 4. The number of aromatic nitrogens is 4. The van der Waals surface area contributed by atoms with Crippen molar-refractivity contribution in [2.45, 2.75) is 115 Å². The smallest absolute Gasteiger partial charge is 0.162 e. The number of nitrogens with two attached hydrogens (primary N) is 1. The predicted molar refractivity (Wildman–Crippen MR) is 184 cm³/mol. The second-order valence-corrected chi connectivity index (χ2v) is 13.1. The maximum Gasteiger partial charge on any atom is 0.162 e. The van der Waals surface area contributed by atoms with Gasteiger partial charge in [0.1, 0.15) is 0 Å². The number of hydrogen-bond donors (Lipinski definition) is 1. The van der Waals surface area contributed by atoms with E-state index in [2.05, 4.69) is 65.9 Å². The van der Waals surface area contributed by atoms with Gasteiger partial charge in [-0.3, -0.25) is 4.98 Å². The molecule has 5 aromatic rings. The van der Waals surface area contributed by atoms with Gasteiger partial charge in [0.2, 0.25) is 0 Å². The number of anilines is 1. The number of rotatable bonds is 3. The molecule has 0 atom stereocenters. The summed E-state index contributed by atoms with van der Waals surface area (Å²) in [5.74, 6) is 0. The molecule has 0 bridgehead atoms. The molecule has 44 heavy (non-hydrogen) atoms. The normalized spacial score (nSPS) is 18.1. The van der Waals surface area contributed by atoms with E-state index in [1.54, 1.807) is 0 Å². The first kappa shape index (κ1) is 30.3. The molecule has 6 rings (SSSR count). The first-order valence-electron chi connectivity index (χ1n) is 17.3. The Labute approximate surface area is 263 Å². The largest absolute Gasteiger partial charge is 0.399 e. The number of nitrogens with zero attached hydrogens (tertiary/aromatic N) is 4. The van der Waals surface area contributed by atoms with E-state index in [1.807, 2.05) is 23.0 Å². The van der Waals surface area contributed by atoms with E-state index in [9.17, 15) is 0 Å². The first-order valence-corrected chi connectivity index (χ1v) is 17.3. The highest BCUT2D eigenvalue weighted by Crippen LogP contribution is 2.43. The van der Waals surface area contributed by atoms with Crippen molar-refractivity contribution in [1.29, 1.82) is 0 Å². The van der Waals surface area contributed by atoms with Crippen LogP contribution in [0.4, 0.5) is 5.69 Å². The lowest BCUT2D eigenvalue weighted by molar-refractivity contribution is 0.386. The fraction of sp³-hybridized carbons (Fsp3) is 0.462. The van der Waals surface area contributed by atoms with Crippen LogP contribution in [0.3, 0.4) is 0 Å². The molecular formula is C39H49N5. The van der Waals surface area contributed by atoms with Gasteiger partial charge in [-0.25, -0.2) is 9.50 Å². The molecular weight excluding hydrogens is 538 g/mol. The van der Waals surface area contributed by atoms with Crippen molar-refractivity contribution in [3.05, 3.63) is 90.5 Å². The highest BCUT2D eigenvalue weighted by atomic mass is 15.2. The Morgan fingerprint density at radius 2 is 1.16 bits per heavy atom. The van der Waals surface area contributed by atoms with Crippen LogP contribution >= 0.6 is 0 Å². The van der Waals surface area contributed by atoms with E-state index in [1.165, 1.54) is 107 Å².